The van der Waals surface area contributed by atoms with Gasteiger partial charge < -0.3 is 35.1 Å². The Balaban J connectivity index is 1.25. The van der Waals surface area contributed by atoms with Crippen LogP contribution in [0.5, 0.6) is 0 Å². The minimum Gasteiger partial charge on any atom is -0.387 e. The minimum absolute atomic E-state index is 0.0456. The molecule has 1 aromatic carbocycles. The van der Waals surface area contributed by atoms with E-state index >= 15 is 0 Å². The molecule has 3 heterocycles. The van der Waals surface area contributed by atoms with E-state index in [0.29, 0.717) is 12.1 Å². The van der Waals surface area contributed by atoms with Gasteiger partial charge in [-0.2, -0.15) is 10.4 Å². The number of aliphatic hydroxyl groups excluding tert-OH is 2. The molecule has 1 aliphatic heterocycles. The van der Waals surface area contributed by atoms with Gasteiger partial charge in [-0.05, 0) is 42.3 Å². The zero-order valence-electron chi connectivity index (χ0n) is 34.1. The third-order valence-electron chi connectivity index (χ3n) is 10.3. The second-order valence-corrected chi connectivity index (χ2v) is 18.7. The second kappa shape index (κ2) is 23.8. The maximum atomic E-state index is 14.2. The molecule has 5 N–H and O–H groups in total. The normalized spacial score (nSPS) is 21.1. The van der Waals surface area contributed by atoms with Crippen molar-refractivity contribution in [3.63, 3.8) is 0 Å². The molecular formula is C40H61FN5O11PS. The van der Waals surface area contributed by atoms with E-state index in [-0.39, 0.29) is 48.4 Å². The summed E-state index contributed by atoms with van der Waals surface area (Å²) in [5, 5.41) is 36.0. The molecule has 0 saturated carbocycles. The number of hydrogen-bond donors (Lipinski definition) is 4. The summed E-state index contributed by atoms with van der Waals surface area (Å²) >= 11 is 0. The van der Waals surface area contributed by atoms with Crippen LogP contribution in [0.3, 0.4) is 0 Å². The molecule has 0 spiro atoms. The van der Waals surface area contributed by atoms with E-state index in [9.17, 15) is 37.7 Å². The van der Waals surface area contributed by atoms with E-state index in [0.717, 1.165) is 44.0 Å². The summed E-state index contributed by atoms with van der Waals surface area (Å²) in [6, 6.07) is 8.22. The van der Waals surface area contributed by atoms with E-state index in [4.69, 9.17) is 29.0 Å². The molecule has 0 amide bonds. The lowest BCUT2D eigenvalue weighted by Gasteiger charge is -2.24. The molecule has 330 valence electrons. The van der Waals surface area contributed by atoms with Crippen molar-refractivity contribution in [3.05, 3.63) is 53.7 Å². The number of nitrogens with two attached hydrogens (primary N) is 1. The van der Waals surface area contributed by atoms with E-state index in [2.05, 4.69) is 17.0 Å². The van der Waals surface area contributed by atoms with Gasteiger partial charge in [-0.1, -0.05) is 90.4 Å². The predicted octanol–water partition coefficient (Wildman–Crippen LogP) is 6.16. The maximum absolute atomic E-state index is 14.2. The summed E-state index contributed by atoms with van der Waals surface area (Å²) in [5.74, 6) is -1.24. The number of sulfone groups is 1. The van der Waals surface area contributed by atoms with Crippen molar-refractivity contribution in [2.45, 2.75) is 132 Å². The first-order valence-corrected chi connectivity index (χ1v) is 23.9. The number of aromatic nitrogens is 3. The molecule has 16 nitrogen and oxygen atoms in total. The summed E-state index contributed by atoms with van der Waals surface area (Å²) in [6.07, 6.45) is 14.3. The number of nitriles is 1. The van der Waals surface area contributed by atoms with Crippen LogP contribution in [0.15, 0.2) is 41.6 Å². The van der Waals surface area contributed by atoms with Gasteiger partial charge in [-0.25, -0.2) is 26.9 Å². The molecule has 4 rings (SSSR count). The first kappa shape index (κ1) is 48.6. The summed E-state index contributed by atoms with van der Waals surface area (Å²) in [7, 11) is -8.49. The Morgan fingerprint density at radius 3 is 2.22 bits per heavy atom. The highest BCUT2D eigenvalue weighted by molar-refractivity contribution is 7.90. The monoisotopic (exact) mass is 869 g/mol. The highest BCUT2D eigenvalue weighted by Gasteiger charge is 2.58. The predicted molar refractivity (Wildman–Crippen MR) is 217 cm³/mol. The van der Waals surface area contributed by atoms with Crippen molar-refractivity contribution in [2.75, 3.05) is 45.0 Å². The molecule has 0 radical (unpaired) electrons. The number of anilines is 1. The van der Waals surface area contributed by atoms with Crippen LogP contribution in [0.1, 0.15) is 108 Å². The van der Waals surface area contributed by atoms with Crippen molar-refractivity contribution >= 4 is 29.0 Å². The van der Waals surface area contributed by atoms with E-state index in [1.165, 1.54) is 93.3 Å². The number of fused-ring (bicyclic) bond motifs is 1. The molecule has 0 aliphatic carbocycles. The number of phosphoric ester groups is 1. The van der Waals surface area contributed by atoms with Crippen LogP contribution >= 0.6 is 7.82 Å². The van der Waals surface area contributed by atoms with Gasteiger partial charge in [0.25, 0.3) is 0 Å². The average Bonchev–Trinajstić information content (AvgIpc) is 3.74. The van der Waals surface area contributed by atoms with Gasteiger partial charge in [0.2, 0.25) is 5.60 Å². The largest absolute Gasteiger partial charge is 0.472 e. The number of rotatable bonds is 29. The summed E-state index contributed by atoms with van der Waals surface area (Å²) in [5.41, 5.74) is 4.41. The summed E-state index contributed by atoms with van der Waals surface area (Å²) in [4.78, 5) is 14.3. The fraction of sp³-hybridized carbons (Fsp3) is 0.675. The SMILES string of the molecule is CCCCCCCCCCCCCCCCOC[C@@H](COCc1cc(F)cc(S(C)(=O)=O)c1)COP(=O)(O)OC[C@H]1O[C@@](C#N)(c2ccc3c(N)ncnn23)[C@H](O)[C@@H]1O. The van der Waals surface area contributed by atoms with Gasteiger partial charge in [0, 0.05) is 18.8 Å². The zero-order chi connectivity index (χ0) is 42.9. The number of hydrogen-bond acceptors (Lipinski definition) is 14. The van der Waals surface area contributed by atoms with Crippen molar-refractivity contribution in [1.82, 2.24) is 14.6 Å². The summed E-state index contributed by atoms with van der Waals surface area (Å²) < 4.78 is 80.4. The molecule has 6 atom stereocenters. The van der Waals surface area contributed by atoms with Gasteiger partial charge in [-0.15, -0.1) is 0 Å². The Hall–Kier alpha value is -3.08. The highest BCUT2D eigenvalue weighted by atomic mass is 32.2. The van der Waals surface area contributed by atoms with Gasteiger partial charge in [0.1, 0.15) is 42.0 Å². The van der Waals surface area contributed by atoms with E-state index in [1.54, 1.807) is 0 Å². The number of phosphoric acid groups is 1. The van der Waals surface area contributed by atoms with Crippen molar-refractivity contribution < 1.29 is 55.7 Å². The van der Waals surface area contributed by atoms with Crippen molar-refractivity contribution in [1.29, 1.82) is 5.26 Å². The van der Waals surface area contributed by atoms with Crippen LogP contribution in [0.4, 0.5) is 10.2 Å². The first-order valence-electron chi connectivity index (χ1n) is 20.5. The van der Waals surface area contributed by atoms with Crippen LogP contribution < -0.4 is 5.73 Å². The quantitative estimate of drug-likeness (QED) is 0.0452. The number of unbranched alkanes of at least 4 members (excludes halogenated alkanes) is 13. The second-order valence-electron chi connectivity index (χ2n) is 15.3. The molecule has 1 aliphatic rings. The average molecular weight is 870 g/mol. The Kier molecular flexibility index (Phi) is 19.6. The standard InChI is InChI=1S/C40H61FN5O11PS/c1-3-4-5-6-7-8-9-10-11-12-13-14-15-16-19-53-24-31(25-54-23-30-20-32(41)22-33(21-30)59(2,51)52)26-55-58(49,50)56-27-35-37(47)38(48)40(28-42,57-35)36-18-17-34-39(43)44-29-45-46(34)36/h17-18,20-22,29,31,35,37-38,47-48H,3-16,19,23-27H2,1-2H3,(H,49,50)(H2,43,44,45)/t31-,35+,37+,38+,40-/m0/s1. The molecule has 0 bridgehead atoms. The lowest BCUT2D eigenvalue weighted by molar-refractivity contribution is -0.0651. The van der Waals surface area contributed by atoms with Crippen LogP contribution in [0.25, 0.3) is 5.52 Å². The zero-order valence-corrected chi connectivity index (χ0v) is 35.8. The number of nitrogens with zero attached hydrogens (tertiary/aromatic N) is 4. The number of benzene rings is 1. The Labute approximate surface area is 346 Å². The molecular weight excluding hydrogens is 809 g/mol. The Bertz CT molecular complexity index is 1950. The van der Waals surface area contributed by atoms with Crippen LogP contribution in [0, 0.1) is 23.1 Å². The Morgan fingerprint density at radius 2 is 1.59 bits per heavy atom. The molecule has 19 heteroatoms. The Morgan fingerprint density at radius 1 is 0.966 bits per heavy atom. The fourth-order valence-electron chi connectivity index (χ4n) is 7.01. The van der Waals surface area contributed by atoms with E-state index < -0.39 is 59.9 Å². The number of nitrogen functional groups attached to an aromatic ring is 1. The number of aliphatic hydroxyl groups is 2. The van der Waals surface area contributed by atoms with Crippen LogP contribution in [-0.4, -0.2) is 95.7 Å². The smallest absolute Gasteiger partial charge is 0.387 e. The van der Waals surface area contributed by atoms with E-state index in [1.807, 2.05) is 6.07 Å². The third kappa shape index (κ3) is 14.8. The third-order valence-corrected chi connectivity index (χ3v) is 12.4. The molecule has 2 aromatic heterocycles. The maximum Gasteiger partial charge on any atom is 0.472 e. The van der Waals surface area contributed by atoms with Crippen LogP contribution in [-0.2, 0) is 49.9 Å². The minimum atomic E-state index is -4.82. The van der Waals surface area contributed by atoms with Crippen molar-refractivity contribution in [3.8, 4) is 6.07 Å². The topological polar surface area (TPSA) is 238 Å². The number of halogens is 1. The molecule has 59 heavy (non-hydrogen) atoms. The summed E-state index contributed by atoms with van der Waals surface area (Å²) in [6.45, 7) is 1.42. The van der Waals surface area contributed by atoms with Gasteiger partial charge >= 0.3 is 7.82 Å². The lowest BCUT2D eigenvalue weighted by Crippen LogP contribution is -2.41. The lowest BCUT2D eigenvalue weighted by atomic mass is 9.92. The van der Waals surface area contributed by atoms with Crippen LogP contribution in [0.2, 0.25) is 0 Å². The molecule has 1 saturated heterocycles. The van der Waals surface area contributed by atoms with Crippen molar-refractivity contribution in [2.24, 2.45) is 5.92 Å². The number of ether oxygens (including phenoxy) is 3. The van der Waals surface area contributed by atoms with Gasteiger partial charge in [0.15, 0.2) is 15.7 Å². The van der Waals surface area contributed by atoms with Gasteiger partial charge in [-0.3, -0.25) is 9.05 Å². The first-order chi connectivity index (χ1) is 28.2. The fourth-order valence-corrected chi connectivity index (χ4v) is 8.51. The molecule has 1 unspecified atom stereocenters. The molecule has 3 aromatic rings. The molecule has 1 fully saturated rings. The highest BCUT2D eigenvalue weighted by Crippen LogP contribution is 2.46. The van der Waals surface area contributed by atoms with Gasteiger partial charge in [0.05, 0.1) is 43.6 Å².